The molecule has 0 spiro atoms. The number of benzene rings is 1. The number of aliphatic imine (C=N–C) groups is 1. The molecule has 1 saturated carbocycles. The van der Waals surface area contributed by atoms with Crippen molar-refractivity contribution in [3.8, 4) is 5.75 Å². The Bertz CT molecular complexity index is 823. The van der Waals surface area contributed by atoms with Crippen LogP contribution in [0, 0.1) is 6.92 Å². The van der Waals surface area contributed by atoms with E-state index in [1.165, 1.54) is 4.88 Å². The fraction of sp³-hybridized carbons (Fsp3) is 0.450. The van der Waals surface area contributed by atoms with Gasteiger partial charge in [0.25, 0.3) is 5.91 Å². The van der Waals surface area contributed by atoms with Crippen LogP contribution in [0.15, 0.2) is 35.5 Å². The van der Waals surface area contributed by atoms with E-state index in [0.29, 0.717) is 18.3 Å². The van der Waals surface area contributed by atoms with Gasteiger partial charge in [-0.2, -0.15) is 0 Å². The van der Waals surface area contributed by atoms with E-state index in [1.807, 2.05) is 30.5 Å². The van der Waals surface area contributed by atoms with Gasteiger partial charge in [0, 0.05) is 43.7 Å². The topological polar surface area (TPSA) is 87.6 Å². The number of rotatable bonds is 9. The van der Waals surface area contributed by atoms with Crippen LogP contribution in [-0.4, -0.2) is 43.1 Å². The van der Waals surface area contributed by atoms with Crippen molar-refractivity contribution in [3.63, 3.8) is 0 Å². The number of hydrogen-bond donors (Lipinski definition) is 3. The Labute approximate surface area is 192 Å². The van der Waals surface area contributed by atoms with Crippen molar-refractivity contribution >= 4 is 47.2 Å². The molecule has 0 saturated heterocycles. The maximum absolute atomic E-state index is 11.7. The largest absolute Gasteiger partial charge is 0.484 e. The lowest BCUT2D eigenvalue weighted by Gasteiger charge is -2.12. The van der Waals surface area contributed by atoms with E-state index < -0.39 is 0 Å². The van der Waals surface area contributed by atoms with Gasteiger partial charge in [-0.15, -0.1) is 35.3 Å². The zero-order chi connectivity index (χ0) is 19.8. The molecular weight excluding hydrogens is 501 g/mol. The summed E-state index contributed by atoms with van der Waals surface area (Å²) in [6.07, 6.45) is 4.92. The van der Waals surface area contributed by atoms with Crippen molar-refractivity contribution in [3.05, 3.63) is 45.9 Å². The smallest absolute Gasteiger partial charge is 0.258 e. The average molecular weight is 529 g/mol. The lowest BCUT2D eigenvalue weighted by Crippen LogP contribution is -2.37. The quantitative estimate of drug-likeness (QED) is 0.264. The first-order valence-corrected chi connectivity index (χ1v) is 10.3. The minimum atomic E-state index is -0.0638. The second kappa shape index (κ2) is 12.0. The molecule has 7 nitrogen and oxygen atoms in total. The number of aromatic nitrogens is 1. The van der Waals surface area contributed by atoms with E-state index in [4.69, 9.17) is 4.74 Å². The summed E-state index contributed by atoms with van der Waals surface area (Å²) in [5.74, 6) is 1.36. The summed E-state index contributed by atoms with van der Waals surface area (Å²) in [5, 5.41) is 10.6. The molecule has 3 rings (SSSR count). The predicted octanol–water partition coefficient (Wildman–Crippen LogP) is 2.63. The lowest BCUT2D eigenvalue weighted by atomic mass is 10.2. The van der Waals surface area contributed by atoms with Gasteiger partial charge < -0.3 is 20.7 Å². The van der Waals surface area contributed by atoms with Crippen molar-refractivity contribution in [1.82, 2.24) is 20.9 Å². The third-order valence-corrected chi connectivity index (χ3v) is 5.17. The van der Waals surface area contributed by atoms with Gasteiger partial charge in [-0.1, -0.05) is 12.1 Å². The molecule has 1 aliphatic rings. The fourth-order valence-electron chi connectivity index (χ4n) is 2.60. The molecule has 3 N–H and O–H groups in total. The molecule has 0 aliphatic heterocycles. The van der Waals surface area contributed by atoms with Gasteiger partial charge in [0.15, 0.2) is 12.6 Å². The van der Waals surface area contributed by atoms with E-state index in [0.717, 1.165) is 42.3 Å². The van der Waals surface area contributed by atoms with Crippen molar-refractivity contribution in [1.29, 1.82) is 0 Å². The zero-order valence-corrected chi connectivity index (χ0v) is 19.9. The van der Waals surface area contributed by atoms with Crippen LogP contribution in [0.25, 0.3) is 0 Å². The van der Waals surface area contributed by atoms with Crippen LogP contribution in [0.2, 0.25) is 0 Å². The third kappa shape index (κ3) is 8.57. The summed E-state index contributed by atoms with van der Waals surface area (Å²) in [4.78, 5) is 21.6. The van der Waals surface area contributed by atoms with Crippen molar-refractivity contribution in [2.75, 3.05) is 20.2 Å². The van der Waals surface area contributed by atoms with Gasteiger partial charge in [0.2, 0.25) is 0 Å². The molecule has 1 aromatic heterocycles. The highest BCUT2D eigenvalue weighted by Gasteiger charge is 2.23. The summed E-state index contributed by atoms with van der Waals surface area (Å²) in [5.41, 5.74) is 1.05. The number of hydrogen-bond acceptors (Lipinski definition) is 5. The number of carbonyl (C=O) groups is 1. The molecule has 2 aromatic rings. The van der Waals surface area contributed by atoms with Gasteiger partial charge in [0.05, 0.1) is 5.01 Å². The van der Waals surface area contributed by atoms with Gasteiger partial charge in [-0.25, -0.2) is 4.98 Å². The molecule has 1 fully saturated rings. The second-order valence-corrected chi connectivity index (χ2v) is 8.06. The number of thiazole rings is 1. The highest BCUT2D eigenvalue weighted by Crippen LogP contribution is 2.18. The Morgan fingerprint density at radius 2 is 2.17 bits per heavy atom. The van der Waals surface area contributed by atoms with Gasteiger partial charge >= 0.3 is 0 Å². The Morgan fingerprint density at radius 3 is 2.86 bits per heavy atom. The molecule has 1 aliphatic carbocycles. The van der Waals surface area contributed by atoms with Crippen LogP contribution in [0.5, 0.6) is 5.75 Å². The van der Waals surface area contributed by atoms with Gasteiger partial charge in [-0.05, 0) is 37.5 Å². The number of carbonyl (C=O) groups excluding carboxylic acids is 1. The van der Waals surface area contributed by atoms with E-state index >= 15 is 0 Å². The van der Waals surface area contributed by atoms with Crippen LogP contribution in [-0.2, 0) is 17.8 Å². The van der Waals surface area contributed by atoms with Crippen molar-refractivity contribution < 1.29 is 9.53 Å². The summed E-state index contributed by atoms with van der Waals surface area (Å²) in [6, 6.07) is 8.08. The number of halogens is 1. The van der Waals surface area contributed by atoms with E-state index in [9.17, 15) is 4.79 Å². The number of nitrogens with one attached hydrogen (secondary N) is 3. The molecule has 0 unspecified atom stereocenters. The lowest BCUT2D eigenvalue weighted by molar-refractivity contribution is -0.123. The summed E-state index contributed by atoms with van der Waals surface area (Å²) in [7, 11) is 1.75. The minimum Gasteiger partial charge on any atom is -0.484 e. The highest BCUT2D eigenvalue weighted by atomic mass is 127. The van der Waals surface area contributed by atoms with E-state index in [2.05, 4.69) is 32.9 Å². The van der Waals surface area contributed by atoms with Crippen molar-refractivity contribution in [2.24, 2.45) is 4.99 Å². The number of nitrogens with zero attached hydrogens (tertiary/aromatic N) is 2. The molecule has 158 valence electrons. The van der Waals surface area contributed by atoms with Gasteiger partial charge in [-0.3, -0.25) is 9.79 Å². The van der Waals surface area contributed by atoms with E-state index in [-0.39, 0.29) is 36.5 Å². The monoisotopic (exact) mass is 529 g/mol. The normalized spacial score (nSPS) is 13.4. The maximum atomic E-state index is 11.7. The third-order valence-electron chi connectivity index (χ3n) is 4.19. The predicted molar refractivity (Wildman–Crippen MR) is 127 cm³/mol. The van der Waals surface area contributed by atoms with Crippen LogP contribution < -0.4 is 20.7 Å². The van der Waals surface area contributed by atoms with E-state index in [1.54, 1.807) is 18.4 Å². The first kappa shape index (κ1) is 23.4. The number of amides is 1. The molecular formula is C20H28IN5O2S. The van der Waals surface area contributed by atoms with Crippen molar-refractivity contribution in [2.45, 2.75) is 38.8 Å². The SMILES string of the molecule is CN=C(NCCc1ncc(C)s1)NCc1cccc(OCC(=O)NC2CC2)c1.I. The summed E-state index contributed by atoms with van der Waals surface area (Å²) >= 11 is 1.72. The summed E-state index contributed by atoms with van der Waals surface area (Å²) in [6.45, 7) is 3.49. The van der Waals surface area contributed by atoms with Crippen LogP contribution >= 0.6 is 35.3 Å². The molecule has 29 heavy (non-hydrogen) atoms. The molecule has 0 bridgehead atoms. The van der Waals surface area contributed by atoms with Crippen LogP contribution in [0.3, 0.4) is 0 Å². The molecule has 1 heterocycles. The first-order valence-electron chi connectivity index (χ1n) is 9.49. The van der Waals surface area contributed by atoms with Crippen LogP contribution in [0.1, 0.15) is 28.3 Å². The number of guanidine groups is 1. The Hall–Kier alpha value is -1.88. The fourth-order valence-corrected chi connectivity index (χ4v) is 3.39. The molecule has 9 heteroatoms. The number of aryl methyl sites for hydroxylation is 1. The highest BCUT2D eigenvalue weighted by molar-refractivity contribution is 14.0. The molecule has 0 radical (unpaired) electrons. The Kier molecular flexibility index (Phi) is 9.65. The maximum Gasteiger partial charge on any atom is 0.258 e. The first-order chi connectivity index (χ1) is 13.6. The number of ether oxygens (including phenoxy) is 1. The standard InChI is InChI=1S/C20H27N5O2S.HI/c1-14-11-23-19(28-14)8-9-22-20(21-2)24-12-15-4-3-5-17(10-15)27-13-18(26)25-16-6-7-16;/h3-5,10-11,16H,6-9,12-13H2,1-2H3,(H,25,26)(H2,21,22,24);1H. The summed E-state index contributed by atoms with van der Waals surface area (Å²) < 4.78 is 5.59. The second-order valence-electron chi connectivity index (χ2n) is 6.75. The molecule has 1 aromatic carbocycles. The molecule has 0 atom stereocenters. The Balaban J connectivity index is 0.00000300. The minimum absolute atomic E-state index is 0. The van der Waals surface area contributed by atoms with Gasteiger partial charge in [0.1, 0.15) is 5.75 Å². The Morgan fingerprint density at radius 1 is 1.34 bits per heavy atom. The average Bonchev–Trinajstić information content (AvgIpc) is 3.41. The zero-order valence-electron chi connectivity index (χ0n) is 16.7. The molecule has 1 amide bonds. The van der Waals surface area contributed by atoms with Crippen LogP contribution in [0.4, 0.5) is 0 Å².